The summed E-state index contributed by atoms with van der Waals surface area (Å²) in [6.45, 7) is 3.94. The second kappa shape index (κ2) is 7.46. The number of hydrogen-bond acceptors (Lipinski definition) is 6. The van der Waals surface area contributed by atoms with E-state index in [1.807, 2.05) is 32.0 Å². The van der Waals surface area contributed by atoms with Gasteiger partial charge in [0.1, 0.15) is 6.33 Å². The molecule has 3 rings (SSSR count). The van der Waals surface area contributed by atoms with Crippen LogP contribution in [0.15, 0.2) is 24.5 Å². The molecule has 0 radical (unpaired) electrons. The van der Waals surface area contributed by atoms with Gasteiger partial charge in [-0.1, -0.05) is 31.4 Å². The van der Waals surface area contributed by atoms with Gasteiger partial charge < -0.3 is 10.6 Å². The molecule has 2 N–H and O–H groups in total. The molecule has 0 unspecified atom stereocenters. The lowest BCUT2D eigenvalue weighted by Crippen LogP contribution is -2.23. The van der Waals surface area contributed by atoms with Gasteiger partial charge in [-0.15, -0.1) is 0 Å². The topological polar surface area (TPSA) is 93.0 Å². The van der Waals surface area contributed by atoms with Crippen molar-refractivity contribution in [3.05, 3.63) is 45.8 Å². The summed E-state index contributed by atoms with van der Waals surface area (Å²) < 4.78 is 0. The number of benzene rings is 1. The quantitative estimate of drug-likeness (QED) is 0.615. The van der Waals surface area contributed by atoms with Crippen LogP contribution in [0.3, 0.4) is 0 Å². The molecule has 1 aliphatic rings. The molecule has 1 aromatic heterocycles. The van der Waals surface area contributed by atoms with Crippen LogP contribution in [-0.4, -0.2) is 20.9 Å². The van der Waals surface area contributed by atoms with Crippen LogP contribution in [0.2, 0.25) is 0 Å². The van der Waals surface area contributed by atoms with Gasteiger partial charge in [0.25, 0.3) is 0 Å². The fourth-order valence-corrected chi connectivity index (χ4v) is 3.19. The highest BCUT2D eigenvalue weighted by Crippen LogP contribution is 2.33. The molecule has 132 valence electrons. The second-order valence-electron chi connectivity index (χ2n) is 6.60. The summed E-state index contributed by atoms with van der Waals surface area (Å²) in [4.78, 5) is 19.5. The number of hydrogen-bond donors (Lipinski definition) is 2. The van der Waals surface area contributed by atoms with Crippen LogP contribution in [0, 0.1) is 24.0 Å². The average Bonchev–Trinajstić information content (AvgIpc) is 2.59. The molecule has 7 nitrogen and oxygen atoms in total. The SMILES string of the molecule is Cc1ccc(C)c(Nc2ncnc(NC3CCCCC3)c2[N+](=O)[O-])c1. The number of nitrogens with one attached hydrogen (secondary N) is 2. The van der Waals surface area contributed by atoms with Crippen molar-refractivity contribution in [2.45, 2.75) is 52.0 Å². The smallest absolute Gasteiger partial charge is 0.353 e. The monoisotopic (exact) mass is 341 g/mol. The van der Waals surface area contributed by atoms with Gasteiger partial charge in [-0.3, -0.25) is 10.1 Å². The zero-order valence-electron chi connectivity index (χ0n) is 14.6. The Labute approximate surface area is 147 Å². The van der Waals surface area contributed by atoms with Gasteiger partial charge >= 0.3 is 5.69 Å². The largest absolute Gasteiger partial charge is 0.361 e. The second-order valence-corrected chi connectivity index (χ2v) is 6.60. The molecule has 1 heterocycles. The molecule has 0 amide bonds. The minimum absolute atomic E-state index is 0.103. The minimum Gasteiger partial charge on any atom is -0.361 e. The molecular formula is C18H23N5O2. The Kier molecular flexibility index (Phi) is 5.11. The molecule has 2 aromatic rings. The predicted molar refractivity (Wildman–Crippen MR) is 98.4 cm³/mol. The number of aryl methyl sites for hydroxylation is 2. The first-order valence-electron chi connectivity index (χ1n) is 8.65. The molecule has 0 bridgehead atoms. The van der Waals surface area contributed by atoms with Crippen LogP contribution in [0.1, 0.15) is 43.2 Å². The number of rotatable bonds is 5. The first-order valence-corrected chi connectivity index (χ1v) is 8.65. The van der Waals surface area contributed by atoms with Crippen molar-refractivity contribution in [2.75, 3.05) is 10.6 Å². The highest BCUT2D eigenvalue weighted by molar-refractivity contribution is 5.75. The van der Waals surface area contributed by atoms with E-state index in [-0.39, 0.29) is 17.5 Å². The standard InChI is InChI=1S/C18H23N5O2/c1-12-8-9-13(2)15(10-12)22-18-16(23(24)25)17(19-11-20-18)21-14-6-4-3-5-7-14/h8-11,14H,3-7H2,1-2H3,(H2,19,20,21,22). The van der Waals surface area contributed by atoms with Crippen molar-refractivity contribution in [3.63, 3.8) is 0 Å². The highest BCUT2D eigenvalue weighted by Gasteiger charge is 2.25. The lowest BCUT2D eigenvalue weighted by atomic mass is 9.95. The van der Waals surface area contributed by atoms with Crippen molar-refractivity contribution in [3.8, 4) is 0 Å². The maximum absolute atomic E-state index is 11.7. The van der Waals surface area contributed by atoms with Crippen LogP contribution < -0.4 is 10.6 Å². The predicted octanol–water partition coefficient (Wildman–Crippen LogP) is 4.49. The number of anilines is 3. The zero-order chi connectivity index (χ0) is 17.8. The van der Waals surface area contributed by atoms with Crippen LogP contribution >= 0.6 is 0 Å². The van der Waals surface area contributed by atoms with Crippen molar-refractivity contribution < 1.29 is 4.92 Å². The number of nitrogens with zero attached hydrogens (tertiary/aromatic N) is 3. The van der Waals surface area contributed by atoms with Crippen LogP contribution in [-0.2, 0) is 0 Å². The third-order valence-electron chi connectivity index (χ3n) is 4.60. The van der Waals surface area contributed by atoms with Crippen molar-refractivity contribution in [1.82, 2.24) is 9.97 Å². The summed E-state index contributed by atoms with van der Waals surface area (Å²) in [5.74, 6) is 0.506. The van der Waals surface area contributed by atoms with E-state index in [1.54, 1.807) is 0 Å². The molecule has 1 aliphatic carbocycles. The lowest BCUT2D eigenvalue weighted by Gasteiger charge is -2.23. The Morgan fingerprint density at radius 2 is 1.84 bits per heavy atom. The van der Waals surface area contributed by atoms with E-state index in [0.29, 0.717) is 5.82 Å². The molecule has 0 spiro atoms. The van der Waals surface area contributed by atoms with Gasteiger partial charge in [-0.05, 0) is 43.9 Å². The Morgan fingerprint density at radius 3 is 2.56 bits per heavy atom. The lowest BCUT2D eigenvalue weighted by molar-refractivity contribution is -0.383. The molecule has 0 saturated heterocycles. The summed E-state index contributed by atoms with van der Waals surface area (Å²) in [5.41, 5.74) is 2.78. The van der Waals surface area contributed by atoms with Gasteiger partial charge in [-0.2, -0.15) is 0 Å². The normalized spacial score (nSPS) is 15.0. The molecule has 1 aromatic carbocycles. The fraction of sp³-hybridized carbons (Fsp3) is 0.444. The van der Waals surface area contributed by atoms with E-state index < -0.39 is 4.92 Å². The van der Waals surface area contributed by atoms with Crippen molar-refractivity contribution in [1.29, 1.82) is 0 Å². The Bertz CT molecular complexity index is 772. The Balaban J connectivity index is 1.92. The summed E-state index contributed by atoms with van der Waals surface area (Å²) in [6.07, 6.45) is 6.91. The molecule has 1 saturated carbocycles. The van der Waals surface area contributed by atoms with Gasteiger partial charge in [0.05, 0.1) is 4.92 Å². The Morgan fingerprint density at radius 1 is 1.12 bits per heavy atom. The van der Waals surface area contributed by atoms with E-state index in [2.05, 4.69) is 20.6 Å². The molecule has 0 aliphatic heterocycles. The molecule has 7 heteroatoms. The summed E-state index contributed by atoms with van der Waals surface area (Å²) in [5, 5.41) is 18.0. The molecule has 0 atom stereocenters. The van der Waals surface area contributed by atoms with Crippen LogP contribution in [0.4, 0.5) is 23.0 Å². The summed E-state index contributed by atoms with van der Waals surface area (Å²) in [6, 6.07) is 6.17. The zero-order valence-corrected chi connectivity index (χ0v) is 14.6. The van der Waals surface area contributed by atoms with E-state index in [9.17, 15) is 10.1 Å². The molecular weight excluding hydrogens is 318 g/mol. The van der Waals surface area contributed by atoms with E-state index in [0.717, 1.165) is 42.5 Å². The maximum atomic E-state index is 11.7. The number of nitro groups is 1. The average molecular weight is 341 g/mol. The van der Waals surface area contributed by atoms with Crippen LogP contribution in [0.25, 0.3) is 0 Å². The molecule has 25 heavy (non-hydrogen) atoms. The summed E-state index contributed by atoms with van der Waals surface area (Å²) >= 11 is 0. The van der Waals surface area contributed by atoms with E-state index in [1.165, 1.54) is 12.7 Å². The van der Waals surface area contributed by atoms with Gasteiger partial charge in [0.15, 0.2) is 0 Å². The van der Waals surface area contributed by atoms with Gasteiger partial charge in [0.2, 0.25) is 11.6 Å². The van der Waals surface area contributed by atoms with Crippen molar-refractivity contribution in [2.24, 2.45) is 0 Å². The molecule has 1 fully saturated rings. The fourth-order valence-electron chi connectivity index (χ4n) is 3.19. The highest BCUT2D eigenvalue weighted by atomic mass is 16.6. The first-order chi connectivity index (χ1) is 12.0. The Hall–Kier alpha value is -2.70. The first kappa shape index (κ1) is 17.1. The van der Waals surface area contributed by atoms with Crippen molar-refractivity contribution >= 4 is 23.0 Å². The van der Waals surface area contributed by atoms with E-state index in [4.69, 9.17) is 0 Å². The third-order valence-corrected chi connectivity index (χ3v) is 4.60. The number of aromatic nitrogens is 2. The van der Waals surface area contributed by atoms with Crippen LogP contribution in [0.5, 0.6) is 0 Å². The van der Waals surface area contributed by atoms with Gasteiger partial charge in [-0.25, -0.2) is 9.97 Å². The minimum atomic E-state index is -0.418. The summed E-state index contributed by atoms with van der Waals surface area (Å²) in [7, 11) is 0. The van der Waals surface area contributed by atoms with Gasteiger partial charge in [0, 0.05) is 11.7 Å². The van der Waals surface area contributed by atoms with E-state index >= 15 is 0 Å². The maximum Gasteiger partial charge on any atom is 0.353 e. The third kappa shape index (κ3) is 4.04.